The Kier molecular flexibility index (Phi) is 2.78. The number of aromatic nitrogens is 1. The van der Waals surface area contributed by atoms with Gasteiger partial charge in [-0.15, -0.1) is 11.3 Å². The first kappa shape index (κ1) is 9.86. The molecule has 0 aliphatic rings. The van der Waals surface area contributed by atoms with Crippen molar-refractivity contribution in [1.82, 2.24) is 4.98 Å². The standard InChI is InChI=1S/C11H10N2OS/c1-8-7-15-11(13-8)12-6-9-2-4-10(14)5-3-9/h2-7,14H,1H3. The molecule has 15 heavy (non-hydrogen) atoms. The summed E-state index contributed by atoms with van der Waals surface area (Å²) >= 11 is 1.51. The smallest absolute Gasteiger partial charge is 0.209 e. The quantitative estimate of drug-likeness (QED) is 0.788. The Balaban J connectivity index is 2.14. The van der Waals surface area contributed by atoms with Gasteiger partial charge < -0.3 is 5.11 Å². The summed E-state index contributed by atoms with van der Waals surface area (Å²) in [5, 5.41) is 11.8. The molecule has 0 fully saturated rings. The number of phenolic OH excluding ortho intramolecular Hbond substituents is 1. The molecule has 0 unspecified atom stereocenters. The fourth-order valence-electron chi connectivity index (χ4n) is 1.09. The number of rotatable bonds is 2. The predicted molar refractivity (Wildman–Crippen MR) is 62.2 cm³/mol. The van der Waals surface area contributed by atoms with E-state index in [0.29, 0.717) is 0 Å². The van der Waals surface area contributed by atoms with Gasteiger partial charge >= 0.3 is 0 Å². The minimum absolute atomic E-state index is 0.261. The van der Waals surface area contributed by atoms with Crippen molar-refractivity contribution in [2.24, 2.45) is 4.99 Å². The molecular weight excluding hydrogens is 208 g/mol. The van der Waals surface area contributed by atoms with Crippen LogP contribution < -0.4 is 0 Å². The Labute approximate surface area is 91.8 Å². The molecule has 3 nitrogen and oxygen atoms in total. The monoisotopic (exact) mass is 218 g/mol. The van der Waals surface area contributed by atoms with Gasteiger partial charge in [0, 0.05) is 11.6 Å². The maximum atomic E-state index is 9.09. The van der Waals surface area contributed by atoms with E-state index >= 15 is 0 Å². The van der Waals surface area contributed by atoms with Gasteiger partial charge in [0.05, 0.1) is 5.69 Å². The van der Waals surface area contributed by atoms with Crippen LogP contribution in [0.2, 0.25) is 0 Å². The molecule has 0 atom stereocenters. The minimum Gasteiger partial charge on any atom is -0.508 e. The highest BCUT2D eigenvalue weighted by atomic mass is 32.1. The van der Waals surface area contributed by atoms with Crippen molar-refractivity contribution in [2.45, 2.75) is 6.92 Å². The number of aromatic hydroxyl groups is 1. The Morgan fingerprint density at radius 2 is 2.07 bits per heavy atom. The van der Waals surface area contributed by atoms with Crippen LogP contribution in [0.15, 0.2) is 34.6 Å². The van der Waals surface area contributed by atoms with E-state index in [9.17, 15) is 0 Å². The van der Waals surface area contributed by atoms with Crippen LogP contribution in [0.3, 0.4) is 0 Å². The topological polar surface area (TPSA) is 45.5 Å². The first-order valence-electron chi connectivity index (χ1n) is 4.49. The molecule has 0 aliphatic carbocycles. The predicted octanol–water partition coefficient (Wildman–Crippen LogP) is 2.91. The van der Waals surface area contributed by atoms with E-state index in [1.54, 1.807) is 30.5 Å². The molecule has 0 spiro atoms. The lowest BCUT2D eigenvalue weighted by molar-refractivity contribution is 0.475. The van der Waals surface area contributed by atoms with Gasteiger partial charge in [-0.3, -0.25) is 0 Å². The van der Waals surface area contributed by atoms with Gasteiger partial charge in [-0.1, -0.05) is 0 Å². The summed E-state index contributed by atoms with van der Waals surface area (Å²) in [6.45, 7) is 1.94. The molecule has 0 saturated heterocycles. The molecule has 0 aliphatic heterocycles. The zero-order chi connectivity index (χ0) is 10.7. The van der Waals surface area contributed by atoms with Crippen molar-refractivity contribution in [3.8, 4) is 5.75 Å². The third-order valence-corrected chi connectivity index (χ3v) is 2.69. The maximum absolute atomic E-state index is 9.09. The van der Waals surface area contributed by atoms with Crippen molar-refractivity contribution in [3.63, 3.8) is 0 Å². The number of hydrogen-bond acceptors (Lipinski definition) is 4. The first-order chi connectivity index (χ1) is 7.24. The highest BCUT2D eigenvalue weighted by Crippen LogP contribution is 2.18. The Morgan fingerprint density at radius 1 is 1.33 bits per heavy atom. The van der Waals surface area contributed by atoms with Crippen LogP contribution in [0.25, 0.3) is 0 Å². The van der Waals surface area contributed by atoms with Gasteiger partial charge in [-0.05, 0) is 36.8 Å². The summed E-state index contributed by atoms with van der Waals surface area (Å²) in [5.74, 6) is 0.261. The second-order valence-corrected chi connectivity index (χ2v) is 3.96. The second-order valence-electron chi connectivity index (χ2n) is 3.12. The molecule has 76 valence electrons. The van der Waals surface area contributed by atoms with Crippen molar-refractivity contribution in [2.75, 3.05) is 0 Å². The van der Waals surface area contributed by atoms with E-state index in [2.05, 4.69) is 9.98 Å². The van der Waals surface area contributed by atoms with Crippen LogP contribution in [0.1, 0.15) is 11.3 Å². The molecular formula is C11H10N2OS. The van der Waals surface area contributed by atoms with Gasteiger partial charge in [-0.2, -0.15) is 0 Å². The largest absolute Gasteiger partial charge is 0.508 e. The van der Waals surface area contributed by atoms with Crippen LogP contribution >= 0.6 is 11.3 Å². The third kappa shape index (κ3) is 2.63. The lowest BCUT2D eigenvalue weighted by Gasteiger charge is -1.92. The average molecular weight is 218 g/mol. The molecule has 0 saturated carbocycles. The summed E-state index contributed by atoms with van der Waals surface area (Å²) in [4.78, 5) is 8.44. The van der Waals surface area contributed by atoms with Gasteiger partial charge in [0.25, 0.3) is 0 Å². The van der Waals surface area contributed by atoms with E-state index in [-0.39, 0.29) is 5.75 Å². The second kappa shape index (κ2) is 4.23. The van der Waals surface area contributed by atoms with Crippen LogP contribution in [0.5, 0.6) is 5.75 Å². The summed E-state index contributed by atoms with van der Waals surface area (Å²) in [6, 6.07) is 6.88. The zero-order valence-electron chi connectivity index (χ0n) is 8.21. The fraction of sp³-hybridized carbons (Fsp3) is 0.0909. The number of hydrogen-bond donors (Lipinski definition) is 1. The summed E-state index contributed by atoms with van der Waals surface area (Å²) < 4.78 is 0. The van der Waals surface area contributed by atoms with Gasteiger partial charge in [0.2, 0.25) is 5.13 Å². The number of aryl methyl sites for hydroxylation is 1. The third-order valence-electron chi connectivity index (χ3n) is 1.82. The normalized spacial score (nSPS) is 11.0. The molecule has 1 N–H and O–H groups in total. The SMILES string of the molecule is Cc1csc(N=Cc2ccc(O)cc2)n1. The lowest BCUT2D eigenvalue weighted by Crippen LogP contribution is -1.78. The molecule has 2 rings (SSSR count). The first-order valence-corrected chi connectivity index (χ1v) is 5.37. The average Bonchev–Trinajstić information content (AvgIpc) is 2.64. The summed E-state index contributed by atoms with van der Waals surface area (Å²) in [7, 11) is 0. The highest BCUT2D eigenvalue weighted by molar-refractivity contribution is 7.13. The fourth-order valence-corrected chi connectivity index (χ4v) is 1.73. The molecule has 4 heteroatoms. The van der Waals surface area contributed by atoms with Crippen molar-refractivity contribution >= 4 is 22.7 Å². The van der Waals surface area contributed by atoms with Gasteiger partial charge in [-0.25, -0.2) is 9.98 Å². The van der Waals surface area contributed by atoms with Crippen molar-refractivity contribution in [1.29, 1.82) is 0 Å². The summed E-state index contributed by atoms with van der Waals surface area (Å²) in [5.41, 5.74) is 1.93. The van der Waals surface area contributed by atoms with Crippen LogP contribution in [0.4, 0.5) is 5.13 Å². The number of aliphatic imine (C=N–C) groups is 1. The summed E-state index contributed by atoms with van der Waals surface area (Å²) in [6.07, 6.45) is 1.73. The van der Waals surface area contributed by atoms with Crippen molar-refractivity contribution < 1.29 is 5.11 Å². The molecule has 1 aromatic heterocycles. The molecule has 0 bridgehead atoms. The highest BCUT2D eigenvalue weighted by Gasteiger charge is 1.94. The maximum Gasteiger partial charge on any atom is 0.209 e. The van der Waals surface area contributed by atoms with E-state index in [4.69, 9.17) is 5.11 Å². The van der Waals surface area contributed by atoms with Crippen molar-refractivity contribution in [3.05, 3.63) is 40.9 Å². The zero-order valence-corrected chi connectivity index (χ0v) is 9.03. The van der Waals surface area contributed by atoms with Gasteiger partial charge in [0.1, 0.15) is 5.75 Å². The Morgan fingerprint density at radius 3 is 2.67 bits per heavy atom. The number of benzene rings is 1. The minimum atomic E-state index is 0.261. The number of nitrogens with zero attached hydrogens (tertiary/aromatic N) is 2. The van der Waals surface area contributed by atoms with Crippen LogP contribution in [-0.4, -0.2) is 16.3 Å². The Bertz CT molecular complexity index is 474. The Hall–Kier alpha value is -1.68. The lowest BCUT2D eigenvalue weighted by atomic mass is 10.2. The van der Waals surface area contributed by atoms with Gasteiger partial charge in [0.15, 0.2) is 0 Å². The molecule has 1 aromatic carbocycles. The van der Waals surface area contributed by atoms with Crippen LogP contribution in [0, 0.1) is 6.92 Å². The molecule has 2 aromatic rings. The number of thiazole rings is 1. The van der Waals surface area contributed by atoms with Crippen LogP contribution in [-0.2, 0) is 0 Å². The van der Waals surface area contributed by atoms with E-state index in [0.717, 1.165) is 16.4 Å². The van der Waals surface area contributed by atoms with E-state index in [1.165, 1.54) is 11.3 Å². The molecule has 1 heterocycles. The van der Waals surface area contributed by atoms with E-state index in [1.807, 2.05) is 12.3 Å². The molecule has 0 radical (unpaired) electrons. The molecule has 0 amide bonds. The number of phenols is 1. The van der Waals surface area contributed by atoms with E-state index < -0.39 is 0 Å².